The molecule has 66 valence electrons. The number of hydrogen-bond acceptors (Lipinski definition) is 2. The van der Waals surface area contributed by atoms with E-state index in [1.54, 1.807) is 13.0 Å². The maximum atomic E-state index is 11.1. The van der Waals surface area contributed by atoms with Crippen molar-refractivity contribution in [3.8, 4) is 12.3 Å². The number of carbonyl (C=O) groups excluding carboxylic acids is 1. The molecule has 0 aliphatic heterocycles. The molecule has 3 heteroatoms. The first-order chi connectivity index (χ1) is 5.76. The topological polar surface area (TPSA) is 29.5 Å². The molecule has 1 amide bonds. The average Bonchev–Trinajstić information content (AvgIpc) is 2.04. The number of carbonyl (C=O) groups is 1. The van der Waals surface area contributed by atoms with Crippen molar-refractivity contribution in [2.24, 2.45) is 0 Å². The van der Waals surface area contributed by atoms with Crippen LogP contribution in [0.2, 0.25) is 0 Å². The Kier molecular flexibility index (Phi) is 5.76. The highest BCUT2D eigenvalue weighted by atomic mass is 16.7. The highest BCUT2D eigenvalue weighted by molar-refractivity contribution is 5.77. The maximum Gasteiger partial charge on any atom is 0.258 e. The Balaban J connectivity index is 4.00. The number of hydroxylamine groups is 2. The fourth-order valence-corrected chi connectivity index (χ4v) is 0.675. The Morgan fingerprint density at radius 2 is 2.50 bits per heavy atom. The van der Waals surface area contributed by atoms with E-state index in [2.05, 4.69) is 12.5 Å². The van der Waals surface area contributed by atoms with Gasteiger partial charge < -0.3 is 0 Å². The molecule has 0 heterocycles. The molecular weight excluding hydrogens is 154 g/mol. The molecule has 0 rings (SSSR count). The van der Waals surface area contributed by atoms with Crippen LogP contribution in [0.4, 0.5) is 0 Å². The molecular formula is C9H13NO2. The summed E-state index contributed by atoms with van der Waals surface area (Å²) in [5.74, 6) is 2.05. The third-order valence-corrected chi connectivity index (χ3v) is 1.11. The van der Waals surface area contributed by atoms with Crippen molar-refractivity contribution in [3.63, 3.8) is 0 Å². The molecule has 0 N–H and O–H groups in total. The zero-order chi connectivity index (χ0) is 9.40. The van der Waals surface area contributed by atoms with Crippen molar-refractivity contribution >= 4 is 5.91 Å². The van der Waals surface area contributed by atoms with Gasteiger partial charge in [-0.15, -0.1) is 13.0 Å². The molecule has 0 atom stereocenters. The number of nitrogens with zero attached hydrogens (tertiary/aromatic N) is 1. The van der Waals surface area contributed by atoms with Gasteiger partial charge in [0.25, 0.3) is 5.91 Å². The van der Waals surface area contributed by atoms with Crippen molar-refractivity contribution in [1.82, 2.24) is 5.06 Å². The van der Waals surface area contributed by atoms with E-state index in [1.807, 2.05) is 0 Å². The summed E-state index contributed by atoms with van der Waals surface area (Å²) in [6.07, 6.45) is 6.63. The predicted octanol–water partition coefficient (Wildman–Crippen LogP) is 0.976. The lowest BCUT2D eigenvalue weighted by atomic mass is 10.4. The van der Waals surface area contributed by atoms with Crippen molar-refractivity contribution in [2.45, 2.75) is 13.3 Å². The van der Waals surface area contributed by atoms with Gasteiger partial charge in [0.2, 0.25) is 0 Å². The molecule has 3 nitrogen and oxygen atoms in total. The number of terminal acetylenes is 1. The van der Waals surface area contributed by atoms with E-state index in [4.69, 9.17) is 11.3 Å². The van der Waals surface area contributed by atoms with Crippen LogP contribution in [-0.2, 0) is 9.63 Å². The van der Waals surface area contributed by atoms with Crippen molar-refractivity contribution in [3.05, 3.63) is 12.7 Å². The number of hydrogen-bond donors (Lipinski definition) is 0. The Labute approximate surface area is 73.0 Å². The minimum atomic E-state index is -0.209. The van der Waals surface area contributed by atoms with Crippen molar-refractivity contribution < 1.29 is 9.63 Å². The Morgan fingerprint density at radius 1 is 1.83 bits per heavy atom. The predicted molar refractivity (Wildman–Crippen MR) is 47.0 cm³/mol. The normalized spacial score (nSPS) is 8.67. The lowest BCUT2D eigenvalue weighted by Crippen LogP contribution is -2.30. The largest absolute Gasteiger partial charge is 0.271 e. The summed E-state index contributed by atoms with van der Waals surface area (Å²) in [5.41, 5.74) is 0. The second kappa shape index (κ2) is 6.44. The first-order valence-electron chi connectivity index (χ1n) is 3.73. The molecule has 12 heavy (non-hydrogen) atoms. The van der Waals surface area contributed by atoms with E-state index in [0.29, 0.717) is 13.2 Å². The lowest BCUT2D eigenvalue weighted by molar-refractivity contribution is -0.180. The van der Waals surface area contributed by atoms with Gasteiger partial charge in [-0.1, -0.05) is 12.0 Å². The minimum absolute atomic E-state index is 0.0633. The van der Waals surface area contributed by atoms with Crippen LogP contribution in [0.25, 0.3) is 0 Å². The van der Waals surface area contributed by atoms with Gasteiger partial charge in [-0.3, -0.25) is 9.63 Å². The summed E-state index contributed by atoms with van der Waals surface area (Å²) in [6, 6.07) is 0. The summed E-state index contributed by atoms with van der Waals surface area (Å²) < 4.78 is 0. The van der Waals surface area contributed by atoms with Crippen molar-refractivity contribution in [2.75, 3.05) is 13.2 Å². The van der Waals surface area contributed by atoms with Crippen molar-refractivity contribution in [1.29, 1.82) is 0 Å². The highest BCUT2D eigenvalue weighted by Crippen LogP contribution is 1.95. The van der Waals surface area contributed by atoms with Gasteiger partial charge in [0.15, 0.2) is 0 Å². The molecule has 0 saturated heterocycles. The first-order valence-corrected chi connectivity index (χ1v) is 3.73. The van der Waals surface area contributed by atoms with Crippen LogP contribution in [0.15, 0.2) is 12.7 Å². The smallest absolute Gasteiger partial charge is 0.258 e. The molecule has 0 radical (unpaired) electrons. The molecule has 0 spiro atoms. The first kappa shape index (κ1) is 10.7. The molecule has 0 bridgehead atoms. The molecule has 0 aromatic carbocycles. The quantitative estimate of drug-likeness (QED) is 0.347. The summed E-state index contributed by atoms with van der Waals surface area (Å²) in [5, 5.41) is 1.22. The van der Waals surface area contributed by atoms with E-state index in [9.17, 15) is 4.79 Å². The number of amides is 1. The van der Waals surface area contributed by atoms with Crippen LogP contribution in [0.1, 0.15) is 13.3 Å². The molecule has 0 aromatic heterocycles. The highest BCUT2D eigenvalue weighted by Gasteiger charge is 2.09. The van der Waals surface area contributed by atoms with Gasteiger partial charge in [0.05, 0.1) is 19.6 Å². The minimum Gasteiger partial charge on any atom is -0.271 e. The molecule has 0 aromatic rings. The van der Waals surface area contributed by atoms with Crippen LogP contribution in [0.5, 0.6) is 0 Å². The monoisotopic (exact) mass is 167 g/mol. The van der Waals surface area contributed by atoms with Crippen LogP contribution in [-0.4, -0.2) is 24.1 Å². The van der Waals surface area contributed by atoms with E-state index in [1.165, 1.54) is 5.06 Å². The van der Waals surface area contributed by atoms with Crippen LogP contribution >= 0.6 is 0 Å². The van der Waals surface area contributed by atoms with Crippen LogP contribution < -0.4 is 0 Å². The van der Waals surface area contributed by atoms with E-state index >= 15 is 0 Å². The molecule has 0 fully saturated rings. The SMILES string of the molecule is C#CCC(=O)N(CC=C)OCC. The van der Waals surface area contributed by atoms with E-state index in [-0.39, 0.29) is 12.3 Å². The van der Waals surface area contributed by atoms with Gasteiger partial charge in [0, 0.05) is 0 Å². The van der Waals surface area contributed by atoms with E-state index < -0.39 is 0 Å². The Morgan fingerprint density at radius 3 is 2.92 bits per heavy atom. The van der Waals surface area contributed by atoms with Crippen LogP contribution in [0, 0.1) is 12.3 Å². The van der Waals surface area contributed by atoms with Gasteiger partial charge in [-0.2, -0.15) is 0 Å². The maximum absolute atomic E-state index is 11.1. The molecule has 0 aliphatic rings. The fraction of sp³-hybridized carbons (Fsp3) is 0.444. The fourth-order valence-electron chi connectivity index (χ4n) is 0.675. The summed E-state index contributed by atoms with van der Waals surface area (Å²) in [4.78, 5) is 16.1. The standard InChI is InChI=1S/C9H13NO2/c1-4-7-9(11)10(8-5-2)12-6-3/h1,5H,2,6-8H2,3H3. The second-order valence-corrected chi connectivity index (χ2v) is 2.04. The third-order valence-electron chi connectivity index (χ3n) is 1.11. The zero-order valence-corrected chi connectivity index (χ0v) is 7.25. The molecule has 0 saturated carbocycles. The molecule has 0 unspecified atom stereocenters. The second-order valence-electron chi connectivity index (χ2n) is 2.04. The summed E-state index contributed by atoms with van der Waals surface area (Å²) in [7, 11) is 0. The van der Waals surface area contributed by atoms with Crippen LogP contribution in [0.3, 0.4) is 0 Å². The van der Waals surface area contributed by atoms with Gasteiger partial charge in [-0.05, 0) is 6.92 Å². The summed E-state index contributed by atoms with van der Waals surface area (Å²) in [6.45, 7) is 6.12. The lowest BCUT2D eigenvalue weighted by Gasteiger charge is -2.17. The number of rotatable bonds is 5. The summed E-state index contributed by atoms with van der Waals surface area (Å²) >= 11 is 0. The average molecular weight is 167 g/mol. The zero-order valence-electron chi connectivity index (χ0n) is 7.25. The Hall–Kier alpha value is -1.27. The van der Waals surface area contributed by atoms with Gasteiger partial charge >= 0.3 is 0 Å². The Bertz CT molecular complexity index is 193. The third kappa shape index (κ3) is 3.79. The van der Waals surface area contributed by atoms with E-state index in [0.717, 1.165) is 0 Å². The van der Waals surface area contributed by atoms with Gasteiger partial charge in [-0.25, -0.2) is 5.06 Å². The molecule has 0 aliphatic carbocycles. The van der Waals surface area contributed by atoms with Gasteiger partial charge in [0.1, 0.15) is 0 Å².